The number of rotatable bonds is 5. The van der Waals surface area contributed by atoms with Gasteiger partial charge in [0.25, 0.3) is 0 Å². The number of thioether (sulfide) groups is 1. The normalized spacial score (nSPS) is 19.0. The van der Waals surface area contributed by atoms with Crippen LogP contribution in [0, 0.1) is 0 Å². The largest absolute Gasteiger partial charge is 0.327 e. The van der Waals surface area contributed by atoms with Crippen molar-refractivity contribution in [1.29, 1.82) is 0 Å². The summed E-state index contributed by atoms with van der Waals surface area (Å²) in [5.41, 5.74) is 8.72. The third-order valence-corrected chi connectivity index (χ3v) is 5.17. The molecule has 3 rings (SSSR count). The van der Waals surface area contributed by atoms with Crippen molar-refractivity contribution in [2.45, 2.75) is 43.2 Å². The Kier molecular flexibility index (Phi) is 4.13. The number of hydrogen-bond acceptors (Lipinski definition) is 3. The summed E-state index contributed by atoms with van der Waals surface area (Å²) in [6, 6.07) is 8.96. The summed E-state index contributed by atoms with van der Waals surface area (Å²) < 4.78 is 2.07. The van der Waals surface area contributed by atoms with Gasteiger partial charge in [0.2, 0.25) is 0 Å². The molecule has 3 nitrogen and oxygen atoms in total. The van der Waals surface area contributed by atoms with E-state index in [9.17, 15) is 0 Å². The van der Waals surface area contributed by atoms with Gasteiger partial charge in [-0.05, 0) is 30.0 Å². The number of benzene rings is 1. The highest BCUT2D eigenvalue weighted by Gasteiger charge is 2.23. The first-order valence-corrected chi connectivity index (χ1v) is 8.23. The van der Waals surface area contributed by atoms with Gasteiger partial charge in [-0.2, -0.15) is 5.10 Å². The van der Waals surface area contributed by atoms with Gasteiger partial charge in [-0.15, -0.1) is 11.8 Å². The Labute approximate surface area is 124 Å². The van der Waals surface area contributed by atoms with E-state index in [4.69, 9.17) is 5.73 Å². The standard InChI is InChI=1S/C16H21N3S/c1-2-14(17)7-12-8-18-19(9-12)10-13-11-20-16-6-4-3-5-15(13)16/h3-6,8-9,13-14H,2,7,10-11,17H2,1H3. The lowest BCUT2D eigenvalue weighted by Gasteiger charge is -2.10. The summed E-state index contributed by atoms with van der Waals surface area (Å²) in [5, 5.41) is 4.49. The van der Waals surface area contributed by atoms with Crippen molar-refractivity contribution < 1.29 is 0 Å². The molecule has 0 amide bonds. The minimum atomic E-state index is 0.246. The van der Waals surface area contributed by atoms with Gasteiger partial charge in [-0.3, -0.25) is 4.68 Å². The maximum Gasteiger partial charge on any atom is 0.0522 e. The molecule has 2 heterocycles. The Morgan fingerprint density at radius 2 is 2.30 bits per heavy atom. The third-order valence-electron chi connectivity index (χ3n) is 3.92. The zero-order valence-corrected chi connectivity index (χ0v) is 12.6. The van der Waals surface area contributed by atoms with Crippen LogP contribution in [0.3, 0.4) is 0 Å². The van der Waals surface area contributed by atoms with Gasteiger partial charge < -0.3 is 5.73 Å². The second-order valence-corrected chi connectivity index (χ2v) is 6.55. The molecule has 2 atom stereocenters. The molecular weight excluding hydrogens is 266 g/mol. The smallest absolute Gasteiger partial charge is 0.0522 e. The Morgan fingerprint density at radius 1 is 1.45 bits per heavy atom. The fourth-order valence-electron chi connectivity index (χ4n) is 2.66. The van der Waals surface area contributed by atoms with Crippen molar-refractivity contribution in [2.75, 3.05) is 5.75 Å². The van der Waals surface area contributed by atoms with E-state index in [0.717, 1.165) is 25.1 Å². The first kappa shape index (κ1) is 13.7. The molecule has 2 unspecified atom stereocenters. The monoisotopic (exact) mass is 287 g/mol. The molecule has 106 valence electrons. The van der Waals surface area contributed by atoms with E-state index >= 15 is 0 Å². The van der Waals surface area contributed by atoms with Crippen LogP contribution in [0.2, 0.25) is 0 Å². The van der Waals surface area contributed by atoms with E-state index in [-0.39, 0.29) is 6.04 Å². The SMILES string of the molecule is CCC(N)Cc1cnn(CC2CSc3ccccc32)c1. The van der Waals surface area contributed by atoms with Gasteiger partial charge in [-0.1, -0.05) is 25.1 Å². The zero-order chi connectivity index (χ0) is 13.9. The van der Waals surface area contributed by atoms with Gasteiger partial charge in [-0.25, -0.2) is 0 Å². The van der Waals surface area contributed by atoms with Gasteiger partial charge in [0.1, 0.15) is 0 Å². The van der Waals surface area contributed by atoms with Gasteiger partial charge >= 0.3 is 0 Å². The molecule has 0 fully saturated rings. The molecule has 2 aromatic rings. The Balaban J connectivity index is 1.67. The van der Waals surface area contributed by atoms with Crippen LogP contribution in [-0.2, 0) is 13.0 Å². The molecule has 1 aromatic carbocycles. The highest BCUT2D eigenvalue weighted by Crippen LogP contribution is 2.39. The lowest BCUT2D eigenvalue weighted by molar-refractivity contribution is 0.548. The van der Waals surface area contributed by atoms with E-state index in [0.29, 0.717) is 5.92 Å². The molecule has 0 saturated heterocycles. The fourth-order valence-corrected chi connectivity index (χ4v) is 3.91. The Morgan fingerprint density at radius 3 is 3.15 bits per heavy atom. The summed E-state index contributed by atoms with van der Waals surface area (Å²) >= 11 is 1.96. The molecule has 0 saturated carbocycles. The van der Waals surface area contributed by atoms with Crippen LogP contribution < -0.4 is 5.73 Å². The summed E-state index contributed by atoms with van der Waals surface area (Å²) in [6.07, 6.45) is 6.05. The molecule has 0 spiro atoms. The van der Waals surface area contributed by atoms with Crippen molar-refractivity contribution in [1.82, 2.24) is 9.78 Å². The van der Waals surface area contributed by atoms with Crippen LogP contribution >= 0.6 is 11.8 Å². The summed E-state index contributed by atoms with van der Waals surface area (Å²) in [5.74, 6) is 1.73. The molecule has 4 heteroatoms. The van der Waals surface area contributed by atoms with Crippen molar-refractivity contribution in [3.8, 4) is 0 Å². The third kappa shape index (κ3) is 2.91. The summed E-state index contributed by atoms with van der Waals surface area (Å²) in [7, 11) is 0. The number of nitrogens with zero attached hydrogens (tertiary/aromatic N) is 2. The van der Waals surface area contributed by atoms with E-state index in [1.807, 2.05) is 18.0 Å². The van der Waals surface area contributed by atoms with Crippen molar-refractivity contribution in [2.24, 2.45) is 5.73 Å². The Bertz CT molecular complexity index is 579. The minimum absolute atomic E-state index is 0.246. The minimum Gasteiger partial charge on any atom is -0.327 e. The molecule has 1 aliphatic rings. The predicted octanol–water partition coefficient (Wildman–Crippen LogP) is 3.05. The highest BCUT2D eigenvalue weighted by atomic mass is 32.2. The summed E-state index contributed by atoms with van der Waals surface area (Å²) in [6.45, 7) is 3.09. The lowest BCUT2D eigenvalue weighted by Crippen LogP contribution is -2.21. The number of hydrogen-bond donors (Lipinski definition) is 1. The van der Waals surface area contributed by atoms with E-state index in [2.05, 4.69) is 47.2 Å². The number of aromatic nitrogens is 2. The van der Waals surface area contributed by atoms with Gasteiger partial charge in [0.15, 0.2) is 0 Å². The average Bonchev–Trinajstić information content (AvgIpc) is 3.07. The molecule has 20 heavy (non-hydrogen) atoms. The lowest BCUT2D eigenvalue weighted by atomic mass is 10.0. The van der Waals surface area contributed by atoms with Crippen molar-refractivity contribution in [3.63, 3.8) is 0 Å². The molecule has 0 radical (unpaired) electrons. The second kappa shape index (κ2) is 6.02. The first-order valence-electron chi connectivity index (χ1n) is 7.25. The molecular formula is C16H21N3S. The van der Waals surface area contributed by atoms with Crippen LogP contribution in [-0.4, -0.2) is 21.6 Å². The number of nitrogens with two attached hydrogens (primary N) is 1. The fraction of sp³-hybridized carbons (Fsp3) is 0.438. The van der Waals surface area contributed by atoms with Crippen LogP contribution in [0.25, 0.3) is 0 Å². The van der Waals surface area contributed by atoms with Crippen LogP contribution in [0.4, 0.5) is 0 Å². The Hall–Kier alpha value is -1.26. The summed E-state index contributed by atoms with van der Waals surface area (Å²) in [4.78, 5) is 1.43. The van der Waals surface area contributed by atoms with E-state index in [1.54, 1.807) is 0 Å². The zero-order valence-electron chi connectivity index (χ0n) is 11.8. The molecule has 0 aliphatic carbocycles. The quantitative estimate of drug-likeness (QED) is 0.919. The van der Waals surface area contributed by atoms with Crippen LogP contribution in [0.5, 0.6) is 0 Å². The maximum absolute atomic E-state index is 6.00. The number of fused-ring (bicyclic) bond motifs is 1. The van der Waals surface area contributed by atoms with Crippen LogP contribution in [0.15, 0.2) is 41.6 Å². The predicted molar refractivity (Wildman–Crippen MR) is 84.1 cm³/mol. The van der Waals surface area contributed by atoms with E-state index in [1.165, 1.54) is 16.0 Å². The molecule has 2 N–H and O–H groups in total. The molecule has 1 aliphatic heterocycles. The highest BCUT2D eigenvalue weighted by molar-refractivity contribution is 7.99. The molecule has 0 bridgehead atoms. The van der Waals surface area contributed by atoms with E-state index < -0.39 is 0 Å². The topological polar surface area (TPSA) is 43.8 Å². The van der Waals surface area contributed by atoms with Crippen LogP contribution in [0.1, 0.15) is 30.4 Å². The van der Waals surface area contributed by atoms with Gasteiger partial charge in [0.05, 0.1) is 6.20 Å². The second-order valence-electron chi connectivity index (χ2n) is 5.49. The van der Waals surface area contributed by atoms with Crippen molar-refractivity contribution in [3.05, 3.63) is 47.8 Å². The first-order chi connectivity index (χ1) is 9.76. The van der Waals surface area contributed by atoms with Crippen molar-refractivity contribution >= 4 is 11.8 Å². The molecule has 1 aromatic heterocycles. The maximum atomic E-state index is 6.00. The average molecular weight is 287 g/mol. The van der Waals surface area contributed by atoms with Gasteiger partial charge in [0, 0.05) is 35.3 Å².